The van der Waals surface area contributed by atoms with Crippen molar-refractivity contribution in [2.45, 2.75) is 86.0 Å². The summed E-state index contributed by atoms with van der Waals surface area (Å²) < 4.78 is 0. The highest BCUT2D eigenvalue weighted by molar-refractivity contribution is 4.61. The zero-order valence-corrected chi connectivity index (χ0v) is 14.4. The van der Waals surface area contributed by atoms with E-state index in [1.807, 2.05) is 0 Å². The maximum atomic E-state index is 2.65. The van der Waals surface area contributed by atoms with Gasteiger partial charge in [-0.15, -0.1) is 0 Å². The molecule has 1 nitrogen and oxygen atoms in total. The van der Waals surface area contributed by atoms with Crippen molar-refractivity contribution in [3.8, 4) is 0 Å². The predicted molar refractivity (Wildman–Crippen MR) is 88.7 cm³/mol. The van der Waals surface area contributed by atoms with Crippen LogP contribution >= 0.6 is 0 Å². The molecule has 2 atom stereocenters. The Balaban J connectivity index is 3.60. The van der Waals surface area contributed by atoms with Crippen LogP contribution in [0.15, 0.2) is 0 Å². The van der Waals surface area contributed by atoms with Gasteiger partial charge in [0.05, 0.1) is 0 Å². The summed E-state index contributed by atoms with van der Waals surface area (Å²) in [6.45, 7) is 15.6. The molecule has 2 unspecified atom stereocenters. The predicted octanol–water partition coefficient (Wildman–Crippen LogP) is 5.74. The summed E-state index contributed by atoms with van der Waals surface area (Å²) in [6, 6.07) is 0. The minimum absolute atomic E-state index is 0.924. The van der Waals surface area contributed by atoms with Crippen molar-refractivity contribution in [2.24, 2.45) is 11.8 Å². The van der Waals surface area contributed by atoms with Gasteiger partial charge in [0.1, 0.15) is 0 Å². The molecular formula is C18H39N. The van der Waals surface area contributed by atoms with Crippen LogP contribution in [0, 0.1) is 11.8 Å². The minimum Gasteiger partial charge on any atom is -0.304 e. The molecule has 0 aliphatic rings. The molecule has 0 saturated carbocycles. The molecule has 0 heterocycles. The summed E-state index contributed by atoms with van der Waals surface area (Å²) in [5.41, 5.74) is 0. The molecule has 0 spiro atoms. The van der Waals surface area contributed by atoms with Gasteiger partial charge in [0.15, 0.2) is 0 Å². The van der Waals surface area contributed by atoms with Crippen molar-refractivity contribution in [3.63, 3.8) is 0 Å². The van der Waals surface area contributed by atoms with E-state index in [-0.39, 0.29) is 0 Å². The summed E-state index contributed by atoms with van der Waals surface area (Å²) in [4.78, 5) is 2.65. The molecule has 0 aromatic carbocycles. The minimum atomic E-state index is 0.924. The molecule has 0 N–H and O–H groups in total. The molecule has 0 aliphatic carbocycles. The van der Waals surface area contributed by atoms with Crippen molar-refractivity contribution in [1.82, 2.24) is 4.90 Å². The van der Waals surface area contributed by atoms with E-state index < -0.39 is 0 Å². The third kappa shape index (κ3) is 11.5. The van der Waals surface area contributed by atoms with Gasteiger partial charge in [-0.1, -0.05) is 60.3 Å². The third-order valence-electron chi connectivity index (χ3n) is 4.35. The first-order chi connectivity index (χ1) is 9.13. The molecule has 0 radical (unpaired) electrons. The van der Waals surface area contributed by atoms with Crippen molar-refractivity contribution < 1.29 is 0 Å². The summed E-state index contributed by atoms with van der Waals surface area (Å²) in [5, 5.41) is 0. The summed E-state index contributed by atoms with van der Waals surface area (Å²) in [7, 11) is 0. The van der Waals surface area contributed by atoms with E-state index in [2.05, 4.69) is 39.5 Å². The van der Waals surface area contributed by atoms with Gasteiger partial charge < -0.3 is 4.90 Å². The Morgan fingerprint density at radius 2 is 1.11 bits per heavy atom. The van der Waals surface area contributed by atoms with E-state index in [1.54, 1.807) is 0 Å². The Labute approximate surface area is 123 Å². The standard InChI is InChI=1S/C18H39N/c1-6-11-17(4)13-9-15-19(8-3)16-10-14-18(5)12-7-2/h17-18H,6-16H2,1-5H3. The fourth-order valence-electron chi connectivity index (χ4n) is 3.03. The van der Waals surface area contributed by atoms with Crippen LogP contribution in [-0.4, -0.2) is 24.5 Å². The highest BCUT2D eigenvalue weighted by Crippen LogP contribution is 2.14. The quantitative estimate of drug-likeness (QED) is 0.412. The lowest BCUT2D eigenvalue weighted by Gasteiger charge is -2.22. The number of rotatable bonds is 13. The second-order valence-corrected chi connectivity index (χ2v) is 6.51. The van der Waals surface area contributed by atoms with Crippen LogP contribution in [0.2, 0.25) is 0 Å². The third-order valence-corrected chi connectivity index (χ3v) is 4.35. The largest absolute Gasteiger partial charge is 0.304 e. The van der Waals surface area contributed by atoms with Crippen molar-refractivity contribution >= 4 is 0 Å². The van der Waals surface area contributed by atoms with E-state index in [4.69, 9.17) is 0 Å². The van der Waals surface area contributed by atoms with E-state index in [0.717, 1.165) is 11.8 Å². The molecule has 1 heteroatoms. The molecule has 0 saturated heterocycles. The summed E-state index contributed by atoms with van der Waals surface area (Å²) in [5.74, 6) is 1.85. The zero-order valence-electron chi connectivity index (χ0n) is 14.4. The molecule has 19 heavy (non-hydrogen) atoms. The average molecular weight is 270 g/mol. The molecule has 0 amide bonds. The van der Waals surface area contributed by atoms with Gasteiger partial charge in [-0.2, -0.15) is 0 Å². The summed E-state index contributed by atoms with van der Waals surface area (Å²) >= 11 is 0. The number of hydrogen-bond donors (Lipinski definition) is 0. The van der Waals surface area contributed by atoms with Gasteiger partial charge in [-0.25, -0.2) is 0 Å². The van der Waals surface area contributed by atoms with Crippen LogP contribution < -0.4 is 0 Å². The maximum Gasteiger partial charge on any atom is -0.00188 e. The number of nitrogens with zero attached hydrogens (tertiary/aromatic N) is 1. The molecule has 0 fully saturated rings. The van der Waals surface area contributed by atoms with Crippen LogP contribution in [0.5, 0.6) is 0 Å². The van der Waals surface area contributed by atoms with Gasteiger partial charge in [0, 0.05) is 0 Å². The Hall–Kier alpha value is -0.0400. The lowest BCUT2D eigenvalue weighted by atomic mass is 9.99. The highest BCUT2D eigenvalue weighted by Gasteiger charge is 2.06. The molecule has 116 valence electrons. The molecule has 0 bridgehead atoms. The van der Waals surface area contributed by atoms with Crippen LogP contribution in [-0.2, 0) is 0 Å². The Morgan fingerprint density at radius 3 is 1.42 bits per heavy atom. The monoisotopic (exact) mass is 269 g/mol. The lowest BCUT2D eigenvalue weighted by Crippen LogP contribution is -2.26. The average Bonchev–Trinajstić information content (AvgIpc) is 2.37. The van der Waals surface area contributed by atoms with E-state index in [1.165, 1.54) is 71.0 Å². The Bertz CT molecular complexity index is 161. The van der Waals surface area contributed by atoms with Crippen LogP contribution in [0.25, 0.3) is 0 Å². The van der Waals surface area contributed by atoms with E-state index >= 15 is 0 Å². The van der Waals surface area contributed by atoms with Crippen LogP contribution in [0.3, 0.4) is 0 Å². The van der Waals surface area contributed by atoms with Gasteiger partial charge in [-0.05, 0) is 57.2 Å². The maximum absolute atomic E-state index is 2.65. The van der Waals surface area contributed by atoms with Crippen LogP contribution in [0.4, 0.5) is 0 Å². The first-order valence-corrected chi connectivity index (χ1v) is 8.86. The first-order valence-electron chi connectivity index (χ1n) is 8.86. The van der Waals surface area contributed by atoms with Crippen molar-refractivity contribution in [2.75, 3.05) is 19.6 Å². The second kappa shape index (κ2) is 13.0. The lowest BCUT2D eigenvalue weighted by molar-refractivity contribution is 0.260. The number of hydrogen-bond acceptors (Lipinski definition) is 1. The van der Waals surface area contributed by atoms with E-state index in [9.17, 15) is 0 Å². The SMILES string of the molecule is CCCC(C)CCCN(CC)CCCC(C)CCC. The Kier molecular flexibility index (Phi) is 12.9. The molecule has 0 aromatic rings. The van der Waals surface area contributed by atoms with Crippen molar-refractivity contribution in [3.05, 3.63) is 0 Å². The second-order valence-electron chi connectivity index (χ2n) is 6.51. The van der Waals surface area contributed by atoms with Crippen molar-refractivity contribution in [1.29, 1.82) is 0 Å². The highest BCUT2D eigenvalue weighted by atomic mass is 15.1. The fourth-order valence-corrected chi connectivity index (χ4v) is 3.03. The first kappa shape index (κ1) is 19.0. The molecular weight excluding hydrogens is 230 g/mol. The molecule has 0 aromatic heterocycles. The fraction of sp³-hybridized carbons (Fsp3) is 1.00. The van der Waals surface area contributed by atoms with Gasteiger partial charge in [0.25, 0.3) is 0 Å². The molecule has 0 aliphatic heterocycles. The van der Waals surface area contributed by atoms with Gasteiger partial charge in [0.2, 0.25) is 0 Å². The molecule has 0 rings (SSSR count). The van der Waals surface area contributed by atoms with E-state index in [0.29, 0.717) is 0 Å². The zero-order chi connectivity index (χ0) is 14.5. The van der Waals surface area contributed by atoms with Gasteiger partial charge in [-0.3, -0.25) is 0 Å². The van der Waals surface area contributed by atoms with Crippen LogP contribution in [0.1, 0.15) is 86.0 Å². The normalized spacial score (nSPS) is 14.8. The smallest absolute Gasteiger partial charge is 0.00188 e. The summed E-state index contributed by atoms with van der Waals surface area (Å²) in [6.07, 6.45) is 11.1. The Morgan fingerprint density at radius 1 is 0.684 bits per heavy atom. The topological polar surface area (TPSA) is 3.24 Å². The van der Waals surface area contributed by atoms with Gasteiger partial charge >= 0.3 is 0 Å².